The van der Waals surface area contributed by atoms with Crippen LogP contribution in [0.2, 0.25) is 0 Å². The Kier molecular flexibility index (Phi) is 7.04. The lowest BCUT2D eigenvalue weighted by atomic mass is 10.0. The molecule has 3 nitrogen and oxygen atoms in total. The minimum atomic E-state index is 0.556. The first-order chi connectivity index (χ1) is 10.3. The van der Waals surface area contributed by atoms with Crippen LogP contribution < -0.4 is 10.1 Å². The van der Waals surface area contributed by atoms with E-state index < -0.39 is 0 Å². The molecule has 1 aliphatic rings. The van der Waals surface area contributed by atoms with Crippen LogP contribution in [0.4, 0.5) is 0 Å². The van der Waals surface area contributed by atoms with Crippen molar-refractivity contribution in [3.05, 3.63) is 29.3 Å². The van der Waals surface area contributed by atoms with Crippen molar-refractivity contribution in [1.29, 1.82) is 0 Å². The Labute approximate surface area is 129 Å². The number of hydrogen-bond donors (Lipinski definition) is 1. The van der Waals surface area contributed by atoms with Crippen LogP contribution in [0.5, 0.6) is 5.75 Å². The molecule has 3 heteroatoms. The van der Waals surface area contributed by atoms with Gasteiger partial charge in [0.25, 0.3) is 0 Å². The maximum absolute atomic E-state index is 5.57. The fraction of sp³-hybridized carbons (Fsp3) is 0.667. The number of fused-ring (bicyclic) bond motifs is 1. The van der Waals surface area contributed by atoms with E-state index in [1.54, 1.807) is 0 Å². The quantitative estimate of drug-likeness (QED) is 0.671. The summed E-state index contributed by atoms with van der Waals surface area (Å²) in [4.78, 5) is 0. The second kappa shape index (κ2) is 9.06. The van der Waals surface area contributed by atoms with E-state index in [1.807, 2.05) is 0 Å². The van der Waals surface area contributed by atoms with Gasteiger partial charge in [0.2, 0.25) is 0 Å². The molecule has 1 heterocycles. The van der Waals surface area contributed by atoms with Gasteiger partial charge < -0.3 is 14.8 Å². The Hall–Kier alpha value is -1.06. The summed E-state index contributed by atoms with van der Waals surface area (Å²) in [5.74, 6) is 1.08. The summed E-state index contributed by atoms with van der Waals surface area (Å²) in [5, 5.41) is 3.65. The summed E-state index contributed by atoms with van der Waals surface area (Å²) < 4.78 is 11.1. The van der Waals surface area contributed by atoms with Gasteiger partial charge in [-0.1, -0.05) is 19.1 Å². The highest BCUT2D eigenvalue weighted by molar-refractivity contribution is 5.39. The van der Waals surface area contributed by atoms with Crippen LogP contribution in [0.1, 0.15) is 44.2 Å². The molecule has 118 valence electrons. The van der Waals surface area contributed by atoms with Crippen LogP contribution in [-0.2, 0) is 17.6 Å². The molecule has 0 bridgehead atoms. The molecule has 0 radical (unpaired) electrons. The Morgan fingerprint density at radius 2 is 2.19 bits per heavy atom. The molecule has 1 N–H and O–H groups in total. The highest BCUT2D eigenvalue weighted by Crippen LogP contribution is 2.26. The normalized spacial score (nSPS) is 14.8. The first-order valence-electron chi connectivity index (χ1n) is 8.39. The van der Waals surface area contributed by atoms with Gasteiger partial charge in [-0.15, -0.1) is 0 Å². The average molecular weight is 291 g/mol. The number of benzene rings is 1. The fourth-order valence-electron chi connectivity index (χ4n) is 2.80. The topological polar surface area (TPSA) is 30.5 Å². The Morgan fingerprint density at radius 1 is 1.29 bits per heavy atom. The van der Waals surface area contributed by atoms with E-state index in [4.69, 9.17) is 9.47 Å². The van der Waals surface area contributed by atoms with Gasteiger partial charge in [-0.05, 0) is 56.3 Å². The lowest BCUT2D eigenvalue weighted by molar-refractivity contribution is 0.135. The van der Waals surface area contributed by atoms with Gasteiger partial charge in [0, 0.05) is 25.7 Å². The van der Waals surface area contributed by atoms with E-state index in [-0.39, 0.29) is 0 Å². The lowest BCUT2D eigenvalue weighted by Crippen LogP contribution is -2.31. The molecule has 1 atom stereocenters. The molecule has 1 unspecified atom stereocenters. The summed E-state index contributed by atoms with van der Waals surface area (Å²) in [6.07, 6.45) is 5.64. The number of nitrogens with one attached hydrogen (secondary N) is 1. The standard InChI is InChI=1S/C18H29NO2/c1-3-11-19-17(10-12-20-4-2)7-5-15-6-8-18-16(14-15)9-13-21-18/h6,8,14,17,19H,3-5,7,9-13H2,1-2H3. The van der Waals surface area contributed by atoms with E-state index in [2.05, 4.69) is 37.4 Å². The third-order valence-corrected chi connectivity index (χ3v) is 4.03. The lowest BCUT2D eigenvalue weighted by Gasteiger charge is -2.18. The molecule has 2 rings (SSSR count). The summed E-state index contributed by atoms with van der Waals surface area (Å²) in [7, 11) is 0. The van der Waals surface area contributed by atoms with Crippen molar-refractivity contribution in [2.24, 2.45) is 0 Å². The van der Waals surface area contributed by atoms with Crippen LogP contribution in [0.15, 0.2) is 18.2 Å². The van der Waals surface area contributed by atoms with Crippen molar-refractivity contribution < 1.29 is 9.47 Å². The molecular weight excluding hydrogens is 262 g/mol. The number of rotatable bonds is 10. The molecule has 0 aromatic heterocycles. The monoisotopic (exact) mass is 291 g/mol. The van der Waals surface area contributed by atoms with Crippen LogP contribution in [-0.4, -0.2) is 32.4 Å². The van der Waals surface area contributed by atoms with Crippen molar-refractivity contribution in [3.63, 3.8) is 0 Å². The zero-order valence-corrected chi connectivity index (χ0v) is 13.5. The van der Waals surface area contributed by atoms with Gasteiger partial charge in [-0.3, -0.25) is 0 Å². The maximum atomic E-state index is 5.57. The molecule has 0 fully saturated rings. The molecule has 0 spiro atoms. The molecule has 0 aliphatic carbocycles. The first-order valence-corrected chi connectivity index (χ1v) is 8.39. The number of ether oxygens (including phenoxy) is 2. The van der Waals surface area contributed by atoms with Crippen molar-refractivity contribution >= 4 is 0 Å². The Bertz CT molecular complexity index is 420. The molecule has 1 aromatic carbocycles. The number of hydrogen-bond acceptors (Lipinski definition) is 3. The fourth-order valence-corrected chi connectivity index (χ4v) is 2.80. The third kappa shape index (κ3) is 5.33. The SMILES string of the molecule is CCCNC(CCOCC)CCc1ccc2c(c1)CCO2. The molecule has 21 heavy (non-hydrogen) atoms. The zero-order chi connectivity index (χ0) is 14.9. The summed E-state index contributed by atoms with van der Waals surface area (Å²) in [6, 6.07) is 7.22. The predicted molar refractivity (Wildman–Crippen MR) is 87.2 cm³/mol. The van der Waals surface area contributed by atoms with Crippen LogP contribution in [0, 0.1) is 0 Å². The van der Waals surface area contributed by atoms with Crippen molar-refractivity contribution in [2.75, 3.05) is 26.4 Å². The Morgan fingerprint density at radius 3 is 3.00 bits per heavy atom. The van der Waals surface area contributed by atoms with Crippen LogP contribution >= 0.6 is 0 Å². The minimum absolute atomic E-state index is 0.556. The highest BCUT2D eigenvalue weighted by atomic mass is 16.5. The predicted octanol–water partition coefficient (Wildman–Crippen LogP) is 3.35. The molecule has 0 saturated carbocycles. The molecule has 0 amide bonds. The van der Waals surface area contributed by atoms with Crippen molar-refractivity contribution in [1.82, 2.24) is 5.32 Å². The minimum Gasteiger partial charge on any atom is -0.493 e. The first kappa shape index (κ1) is 16.3. The van der Waals surface area contributed by atoms with Crippen molar-refractivity contribution in [2.45, 2.75) is 52.0 Å². The summed E-state index contributed by atoms with van der Waals surface area (Å²) in [5.41, 5.74) is 2.80. The molecule has 0 saturated heterocycles. The van der Waals surface area contributed by atoms with E-state index in [9.17, 15) is 0 Å². The smallest absolute Gasteiger partial charge is 0.122 e. The summed E-state index contributed by atoms with van der Waals surface area (Å²) in [6.45, 7) is 7.87. The molecule has 1 aliphatic heterocycles. The van der Waals surface area contributed by atoms with Crippen LogP contribution in [0.3, 0.4) is 0 Å². The van der Waals surface area contributed by atoms with E-state index >= 15 is 0 Å². The largest absolute Gasteiger partial charge is 0.493 e. The maximum Gasteiger partial charge on any atom is 0.122 e. The molecular formula is C18H29NO2. The Balaban J connectivity index is 1.81. The zero-order valence-electron chi connectivity index (χ0n) is 13.5. The van der Waals surface area contributed by atoms with Gasteiger partial charge in [-0.2, -0.15) is 0 Å². The van der Waals surface area contributed by atoms with Gasteiger partial charge in [0.15, 0.2) is 0 Å². The highest BCUT2D eigenvalue weighted by Gasteiger charge is 2.13. The number of aryl methyl sites for hydroxylation is 1. The van der Waals surface area contributed by atoms with Gasteiger partial charge in [-0.25, -0.2) is 0 Å². The van der Waals surface area contributed by atoms with Crippen molar-refractivity contribution in [3.8, 4) is 5.75 Å². The van der Waals surface area contributed by atoms with E-state index in [0.717, 1.165) is 51.4 Å². The van der Waals surface area contributed by atoms with Gasteiger partial charge in [0.05, 0.1) is 6.61 Å². The second-order valence-corrected chi connectivity index (χ2v) is 5.72. The second-order valence-electron chi connectivity index (χ2n) is 5.72. The van der Waals surface area contributed by atoms with E-state index in [0.29, 0.717) is 6.04 Å². The van der Waals surface area contributed by atoms with Gasteiger partial charge in [0.1, 0.15) is 5.75 Å². The average Bonchev–Trinajstić information content (AvgIpc) is 2.97. The van der Waals surface area contributed by atoms with Gasteiger partial charge >= 0.3 is 0 Å². The molecule has 1 aromatic rings. The summed E-state index contributed by atoms with van der Waals surface area (Å²) >= 11 is 0. The third-order valence-electron chi connectivity index (χ3n) is 4.03. The van der Waals surface area contributed by atoms with E-state index in [1.165, 1.54) is 24.0 Å². The van der Waals surface area contributed by atoms with Crippen LogP contribution in [0.25, 0.3) is 0 Å².